The molecular formula is C19H22N2. The third-order valence-corrected chi connectivity index (χ3v) is 3.54. The summed E-state index contributed by atoms with van der Waals surface area (Å²) in [6.07, 6.45) is 6.19. The Morgan fingerprint density at radius 3 is 2.10 bits per heavy atom. The van der Waals surface area contributed by atoms with Crippen LogP contribution in [0.2, 0.25) is 0 Å². The van der Waals surface area contributed by atoms with Crippen molar-refractivity contribution in [1.29, 1.82) is 0 Å². The summed E-state index contributed by atoms with van der Waals surface area (Å²) in [5.41, 5.74) is 5.16. The number of aryl methyl sites for hydroxylation is 2. The van der Waals surface area contributed by atoms with Gasteiger partial charge in [0.1, 0.15) is 0 Å². The van der Waals surface area contributed by atoms with E-state index in [1.807, 2.05) is 0 Å². The maximum atomic E-state index is 2.17. The van der Waals surface area contributed by atoms with Gasteiger partial charge in [0.2, 0.25) is 0 Å². The Hall–Kier alpha value is -2.48. The van der Waals surface area contributed by atoms with Gasteiger partial charge in [0.15, 0.2) is 0 Å². The van der Waals surface area contributed by atoms with E-state index >= 15 is 0 Å². The molecular weight excluding hydrogens is 256 g/mol. The lowest BCUT2D eigenvalue weighted by molar-refractivity contribution is 1.10. The summed E-state index contributed by atoms with van der Waals surface area (Å²) in [5.74, 6) is 0. The number of rotatable bonds is 0. The lowest BCUT2D eigenvalue weighted by Gasteiger charge is -1.97. The van der Waals surface area contributed by atoms with Crippen LogP contribution >= 0.6 is 0 Å². The summed E-state index contributed by atoms with van der Waals surface area (Å²) < 4.78 is 4.29. The molecule has 0 aliphatic heterocycles. The second-order valence-electron chi connectivity index (χ2n) is 4.96. The van der Waals surface area contributed by atoms with Gasteiger partial charge in [-0.3, -0.25) is 0 Å². The van der Waals surface area contributed by atoms with Crippen molar-refractivity contribution < 1.29 is 0 Å². The molecule has 0 aliphatic rings. The summed E-state index contributed by atoms with van der Waals surface area (Å²) in [6, 6.07) is 18.8. The van der Waals surface area contributed by atoms with Crippen LogP contribution in [0.25, 0.3) is 11.0 Å². The van der Waals surface area contributed by atoms with Crippen LogP contribution < -0.4 is 0 Å². The molecule has 4 aromatic heterocycles. The van der Waals surface area contributed by atoms with Crippen molar-refractivity contribution in [1.82, 2.24) is 8.80 Å². The first-order valence-electron chi connectivity index (χ1n) is 6.81. The van der Waals surface area contributed by atoms with Crippen LogP contribution in [0.3, 0.4) is 0 Å². The highest BCUT2D eigenvalue weighted by Gasteiger charge is 1.92. The summed E-state index contributed by atoms with van der Waals surface area (Å²) in [4.78, 5) is 0. The van der Waals surface area contributed by atoms with Crippen molar-refractivity contribution in [3.63, 3.8) is 0 Å². The Balaban J connectivity index is 0.000000147. The minimum atomic E-state index is 0. The first-order chi connectivity index (χ1) is 9.75. The highest BCUT2D eigenvalue weighted by molar-refractivity contribution is 5.54. The average Bonchev–Trinajstić information content (AvgIpc) is 3.08. The summed E-state index contributed by atoms with van der Waals surface area (Å²) >= 11 is 0. The van der Waals surface area contributed by atoms with E-state index in [0.29, 0.717) is 0 Å². The zero-order valence-electron chi connectivity index (χ0n) is 11.8. The van der Waals surface area contributed by atoms with Gasteiger partial charge in [-0.05, 0) is 61.9 Å². The number of hydrogen-bond acceptors (Lipinski definition) is 0. The summed E-state index contributed by atoms with van der Waals surface area (Å²) in [5, 5.41) is 0. The molecule has 0 aliphatic carbocycles. The predicted octanol–water partition coefficient (Wildman–Crippen LogP) is 5.13. The molecule has 0 saturated carbocycles. The first-order valence-corrected chi connectivity index (χ1v) is 6.81. The Morgan fingerprint density at radius 1 is 0.714 bits per heavy atom. The van der Waals surface area contributed by atoms with E-state index in [1.54, 1.807) is 0 Å². The fourth-order valence-corrected chi connectivity index (χ4v) is 2.44. The first kappa shape index (κ1) is 14.9. The van der Waals surface area contributed by atoms with Crippen molar-refractivity contribution in [3.05, 3.63) is 84.4 Å². The highest BCUT2D eigenvalue weighted by atomic mass is 14.9. The van der Waals surface area contributed by atoms with Crippen LogP contribution in [0.5, 0.6) is 0 Å². The van der Waals surface area contributed by atoms with Crippen LogP contribution in [0, 0.1) is 13.8 Å². The van der Waals surface area contributed by atoms with E-state index in [2.05, 4.69) is 95.8 Å². The molecule has 0 amide bonds. The Labute approximate surface area is 126 Å². The number of hydrogen-bond donors (Lipinski definition) is 0. The van der Waals surface area contributed by atoms with E-state index < -0.39 is 0 Å². The highest BCUT2D eigenvalue weighted by Crippen LogP contribution is 2.09. The summed E-state index contributed by atoms with van der Waals surface area (Å²) in [7, 11) is 0. The second kappa shape index (κ2) is 6.31. The molecule has 0 atom stereocenters. The van der Waals surface area contributed by atoms with E-state index in [-0.39, 0.29) is 7.43 Å². The van der Waals surface area contributed by atoms with E-state index in [4.69, 9.17) is 0 Å². The lowest BCUT2D eigenvalue weighted by atomic mass is 10.2. The Kier molecular flexibility index (Phi) is 4.49. The molecule has 0 radical (unpaired) electrons. The van der Waals surface area contributed by atoms with Gasteiger partial charge in [0, 0.05) is 35.3 Å². The molecule has 108 valence electrons. The van der Waals surface area contributed by atoms with E-state index in [1.165, 1.54) is 22.3 Å². The van der Waals surface area contributed by atoms with Gasteiger partial charge < -0.3 is 8.80 Å². The molecule has 0 N–H and O–H groups in total. The minimum absolute atomic E-state index is 0. The molecule has 2 nitrogen and oxygen atoms in total. The maximum absolute atomic E-state index is 2.17. The SMILES string of the molecule is C.Cc1cccc2cccn12.Cc1cccn2cccc12. The minimum Gasteiger partial charge on any atom is -0.324 e. The lowest BCUT2D eigenvalue weighted by Crippen LogP contribution is -1.85. The molecule has 0 bridgehead atoms. The van der Waals surface area contributed by atoms with Crippen molar-refractivity contribution in [2.45, 2.75) is 21.3 Å². The predicted molar refractivity (Wildman–Crippen MR) is 91.0 cm³/mol. The van der Waals surface area contributed by atoms with E-state index in [9.17, 15) is 0 Å². The fourth-order valence-electron chi connectivity index (χ4n) is 2.44. The number of pyridine rings is 2. The molecule has 0 spiro atoms. The normalized spacial score (nSPS) is 10.0. The largest absolute Gasteiger partial charge is 0.324 e. The van der Waals surface area contributed by atoms with Gasteiger partial charge >= 0.3 is 0 Å². The fraction of sp³-hybridized carbons (Fsp3) is 0.158. The molecule has 0 unspecified atom stereocenters. The zero-order chi connectivity index (χ0) is 13.9. The molecule has 0 aromatic carbocycles. The number of fused-ring (bicyclic) bond motifs is 2. The smallest absolute Gasteiger partial charge is 0.0479 e. The average molecular weight is 278 g/mol. The molecule has 21 heavy (non-hydrogen) atoms. The van der Waals surface area contributed by atoms with Gasteiger partial charge in [-0.25, -0.2) is 0 Å². The molecule has 2 heteroatoms. The van der Waals surface area contributed by atoms with Crippen LogP contribution in [-0.2, 0) is 0 Å². The maximum Gasteiger partial charge on any atom is 0.0479 e. The van der Waals surface area contributed by atoms with Gasteiger partial charge in [0.05, 0.1) is 0 Å². The topological polar surface area (TPSA) is 8.82 Å². The standard InChI is InChI=1S/2C9H9N.CH4/c1-8-4-2-6-10-7-3-5-9(8)10;1-8-4-2-5-9-6-3-7-10(8)9;/h2*2-7H,1H3;1H4. The molecule has 4 rings (SSSR count). The Bertz CT molecular complexity index is 765. The van der Waals surface area contributed by atoms with Gasteiger partial charge in [-0.2, -0.15) is 0 Å². The van der Waals surface area contributed by atoms with Crippen molar-refractivity contribution in [2.24, 2.45) is 0 Å². The molecule has 4 heterocycles. The van der Waals surface area contributed by atoms with E-state index in [0.717, 1.165) is 0 Å². The van der Waals surface area contributed by atoms with Crippen LogP contribution in [0.4, 0.5) is 0 Å². The Morgan fingerprint density at radius 2 is 1.38 bits per heavy atom. The third kappa shape index (κ3) is 3.00. The zero-order valence-corrected chi connectivity index (χ0v) is 11.8. The summed E-state index contributed by atoms with van der Waals surface area (Å²) in [6.45, 7) is 4.22. The van der Waals surface area contributed by atoms with Crippen molar-refractivity contribution in [2.75, 3.05) is 0 Å². The van der Waals surface area contributed by atoms with Crippen LogP contribution in [0.1, 0.15) is 18.7 Å². The number of aromatic nitrogens is 2. The molecule has 4 aromatic rings. The monoisotopic (exact) mass is 278 g/mol. The number of nitrogens with zero attached hydrogens (tertiary/aromatic N) is 2. The quantitative estimate of drug-likeness (QED) is 0.421. The molecule has 0 saturated heterocycles. The second-order valence-corrected chi connectivity index (χ2v) is 4.96. The third-order valence-electron chi connectivity index (χ3n) is 3.54. The van der Waals surface area contributed by atoms with Gasteiger partial charge in [0.25, 0.3) is 0 Å². The molecule has 0 fully saturated rings. The van der Waals surface area contributed by atoms with Gasteiger partial charge in [-0.15, -0.1) is 0 Å². The van der Waals surface area contributed by atoms with Crippen molar-refractivity contribution >= 4 is 11.0 Å². The van der Waals surface area contributed by atoms with Gasteiger partial charge in [-0.1, -0.05) is 19.6 Å². The van der Waals surface area contributed by atoms with Crippen LogP contribution in [-0.4, -0.2) is 8.80 Å². The van der Waals surface area contributed by atoms with Crippen molar-refractivity contribution in [3.8, 4) is 0 Å². The van der Waals surface area contributed by atoms with Crippen LogP contribution in [0.15, 0.2) is 73.2 Å².